The quantitative estimate of drug-likeness (QED) is 0.600. The Morgan fingerprint density at radius 3 is 2.73 bits per heavy atom. The van der Waals surface area contributed by atoms with Crippen molar-refractivity contribution in [1.29, 1.82) is 0 Å². The van der Waals surface area contributed by atoms with E-state index in [0.717, 1.165) is 28.3 Å². The molecular weight excluding hydrogens is 366 g/mol. The summed E-state index contributed by atoms with van der Waals surface area (Å²) in [5, 5.41) is 4.58. The lowest BCUT2D eigenvalue weighted by molar-refractivity contribution is 0.354. The Kier molecular flexibility index (Phi) is 5.91. The van der Waals surface area contributed by atoms with Crippen LogP contribution in [0.2, 0.25) is 5.02 Å². The van der Waals surface area contributed by atoms with Crippen molar-refractivity contribution in [2.24, 2.45) is 0 Å². The van der Waals surface area contributed by atoms with E-state index < -0.39 is 0 Å². The van der Waals surface area contributed by atoms with Gasteiger partial charge in [-0.2, -0.15) is 0 Å². The van der Waals surface area contributed by atoms with Gasteiger partial charge in [0, 0.05) is 29.6 Å². The van der Waals surface area contributed by atoms with Gasteiger partial charge in [-0.3, -0.25) is 4.98 Å². The lowest BCUT2D eigenvalue weighted by Gasteiger charge is -2.25. The van der Waals surface area contributed by atoms with Gasteiger partial charge in [-0.15, -0.1) is 0 Å². The summed E-state index contributed by atoms with van der Waals surface area (Å²) in [4.78, 5) is 6.23. The molecule has 0 atom stereocenters. The number of halogens is 1. The van der Waals surface area contributed by atoms with Crippen molar-refractivity contribution in [3.8, 4) is 0 Å². The molecule has 1 aromatic carbocycles. The van der Waals surface area contributed by atoms with E-state index in [4.69, 9.17) is 28.2 Å². The zero-order valence-corrected chi connectivity index (χ0v) is 16.3. The van der Waals surface area contributed by atoms with E-state index in [-0.39, 0.29) is 0 Å². The number of rotatable bonds is 5. The van der Waals surface area contributed by atoms with Crippen LogP contribution < -0.4 is 5.32 Å². The number of thiocarbonyl (C=S) groups is 1. The van der Waals surface area contributed by atoms with Crippen LogP contribution in [-0.4, -0.2) is 15.0 Å². The number of nitrogens with zero attached hydrogens (tertiary/aromatic N) is 2. The van der Waals surface area contributed by atoms with E-state index in [9.17, 15) is 0 Å². The van der Waals surface area contributed by atoms with E-state index in [1.165, 1.54) is 0 Å². The average Bonchev–Trinajstić information content (AvgIpc) is 3.03. The Bertz CT molecular complexity index is 895. The summed E-state index contributed by atoms with van der Waals surface area (Å²) in [6, 6.07) is 13.6. The Morgan fingerprint density at radius 2 is 2.04 bits per heavy atom. The van der Waals surface area contributed by atoms with Crippen LogP contribution in [0.5, 0.6) is 0 Å². The molecule has 2 aromatic heterocycles. The molecule has 3 aromatic rings. The number of hydrogen-bond donors (Lipinski definition) is 1. The van der Waals surface area contributed by atoms with Gasteiger partial charge in [-0.25, -0.2) is 0 Å². The molecule has 26 heavy (non-hydrogen) atoms. The normalized spacial score (nSPS) is 10.6. The highest BCUT2D eigenvalue weighted by molar-refractivity contribution is 7.80. The van der Waals surface area contributed by atoms with Crippen LogP contribution in [0.3, 0.4) is 0 Å². The maximum absolute atomic E-state index is 6.12. The van der Waals surface area contributed by atoms with Crippen molar-refractivity contribution in [3.05, 3.63) is 82.5 Å². The molecule has 0 amide bonds. The number of hydrogen-bond acceptors (Lipinski definition) is 3. The van der Waals surface area contributed by atoms with Gasteiger partial charge in [0.15, 0.2) is 5.11 Å². The number of furan rings is 1. The van der Waals surface area contributed by atoms with Crippen molar-refractivity contribution < 1.29 is 4.42 Å². The molecule has 1 N–H and O–H groups in total. The average molecular weight is 386 g/mol. The molecule has 134 valence electrons. The first-order chi connectivity index (χ1) is 12.5. The largest absolute Gasteiger partial charge is 0.464 e. The first-order valence-corrected chi connectivity index (χ1v) is 9.06. The highest BCUT2D eigenvalue weighted by atomic mass is 35.5. The molecule has 0 bridgehead atoms. The van der Waals surface area contributed by atoms with Gasteiger partial charge in [0.2, 0.25) is 0 Å². The summed E-state index contributed by atoms with van der Waals surface area (Å²) >= 11 is 11.8. The summed E-state index contributed by atoms with van der Waals surface area (Å²) < 4.78 is 5.73. The molecule has 4 nitrogen and oxygen atoms in total. The van der Waals surface area contributed by atoms with Gasteiger partial charge in [0.1, 0.15) is 11.5 Å². The summed E-state index contributed by atoms with van der Waals surface area (Å²) in [5.74, 6) is 1.74. The zero-order chi connectivity index (χ0) is 18.5. The zero-order valence-electron chi connectivity index (χ0n) is 14.7. The minimum absolute atomic E-state index is 0.564. The monoisotopic (exact) mass is 385 g/mol. The van der Waals surface area contributed by atoms with Crippen molar-refractivity contribution >= 4 is 34.6 Å². The lowest BCUT2D eigenvalue weighted by atomic mass is 10.2. The molecule has 0 aliphatic carbocycles. The van der Waals surface area contributed by atoms with Crippen molar-refractivity contribution in [3.63, 3.8) is 0 Å². The van der Waals surface area contributed by atoms with Crippen molar-refractivity contribution in [1.82, 2.24) is 9.88 Å². The van der Waals surface area contributed by atoms with E-state index in [1.807, 2.05) is 67.4 Å². The van der Waals surface area contributed by atoms with Crippen LogP contribution in [0.4, 0.5) is 5.69 Å². The molecule has 0 aliphatic rings. The van der Waals surface area contributed by atoms with Gasteiger partial charge in [-0.05, 0) is 67.5 Å². The number of aromatic nitrogens is 1. The van der Waals surface area contributed by atoms with E-state index >= 15 is 0 Å². The lowest BCUT2D eigenvalue weighted by Crippen LogP contribution is -2.34. The number of pyridine rings is 1. The molecule has 0 fully saturated rings. The summed E-state index contributed by atoms with van der Waals surface area (Å²) in [6.45, 7) is 5.14. The van der Waals surface area contributed by atoms with Crippen LogP contribution in [0, 0.1) is 13.8 Å². The molecule has 6 heteroatoms. The SMILES string of the molecule is Cc1ccc(CN(Cc2cccnc2)C(=S)Nc2cc(Cl)ccc2C)o1. The molecule has 0 saturated carbocycles. The van der Waals surface area contributed by atoms with Gasteiger partial charge in [0.05, 0.1) is 6.54 Å². The fraction of sp³-hybridized carbons (Fsp3) is 0.200. The van der Waals surface area contributed by atoms with Gasteiger partial charge in [-0.1, -0.05) is 23.7 Å². The molecule has 0 saturated heterocycles. The molecule has 2 heterocycles. The van der Waals surface area contributed by atoms with Crippen LogP contribution >= 0.6 is 23.8 Å². The van der Waals surface area contributed by atoms with Crippen LogP contribution in [0.15, 0.2) is 59.3 Å². The van der Waals surface area contributed by atoms with Crippen molar-refractivity contribution in [2.75, 3.05) is 5.32 Å². The fourth-order valence-electron chi connectivity index (χ4n) is 2.59. The Hall–Kier alpha value is -2.37. The number of nitrogens with one attached hydrogen (secondary N) is 1. The molecule has 0 spiro atoms. The second kappa shape index (κ2) is 8.34. The molecule has 3 rings (SSSR count). The third-order valence-electron chi connectivity index (χ3n) is 3.97. The minimum Gasteiger partial charge on any atom is -0.464 e. The Balaban J connectivity index is 1.81. The highest BCUT2D eigenvalue weighted by Crippen LogP contribution is 2.21. The first-order valence-electron chi connectivity index (χ1n) is 8.27. The minimum atomic E-state index is 0.564. The predicted molar refractivity (Wildman–Crippen MR) is 109 cm³/mol. The fourth-order valence-corrected chi connectivity index (χ4v) is 3.00. The van der Waals surface area contributed by atoms with Gasteiger partial charge >= 0.3 is 0 Å². The van der Waals surface area contributed by atoms with Gasteiger partial charge in [0.25, 0.3) is 0 Å². The molecule has 0 unspecified atom stereocenters. The van der Waals surface area contributed by atoms with E-state index in [2.05, 4.69) is 10.3 Å². The van der Waals surface area contributed by atoms with Crippen LogP contribution in [-0.2, 0) is 13.1 Å². The van der Waals surface area contributed by atoms with Crippen LogP contribution in [0.25, 0.3) is 0 Å². The topological polar surface area (TPSA) is 41.3 Å². The second-order valence-corrected chi connectivity index (χ2v) is 6.94. The third kappa shape index (κ3) is 4.84. The highest BCUT2D eigenvalue weighted by Gasteiger charge is 2.14. The Labute approximate surface area is 163 Å². The first kappa shape index (κ1) is 18.4. The summed E-state index contributed by atoms with van der Waals surface area (Å²) in [6.07, 6.45) is 3.60. The van der Waals surface area contributed by atoms with Crippen LogP contribution in [0.1, 0.15) is 22.6 Å². The maximum Gasteiger partial charge on any atom is 0.174 e. The molecular formula is C20H20ClN3OS. The Morgan fingerprint density at radius 1 is 1.19 bits per heavy atom. The number of aryl methyl sites for hydroxylation is 2. The second-order valence-electron chi connectivity index (χ2n) is 6.12. The predicted octanol–water partition coefficient (Wildman–Crippen LogP) is 5.34. The molecule has 0 aliphatic heterocycles. The number of benzene rings is 1. The smallest absolute Gasteiger partial charge is 0.174 e. The van der Waals surface area contributed by atoms with Crippen molar-refractivity contribution in [2.45, 2.75) is 26.9 Å². The summed E-state index contributed by atoms with van der Waals surface area (Å²) in [7, 11) is 0. The summed E-state index contributed by atoms with van der Waals surface area (Å²) in [5.41, 5.74) is 3.05. The van der Waals surface area contributed by atoms with E-state index in [0.29, 0.717) is 23.2 Å². The molecule has 0 radical (unpaired) electrons. The van der Waals surface area contributed by atoms with E-state index in [1.54, 1.807) is 6.20 Å². The van der Waals surface area contributed by atoms with Gasteiger partial charge < -0.3 is 14.6 Å². The number of anilines is 1. The third-order valence-corrected chi connectivity index (χ3v) is 4.56. The standard InChI is InChI=1S/C20H20ClN3OS/c1-14-5-7-17(21)10-19(14)23-20(26)24(12-16-4-3-9-22-11-16)13-18-8-6-15(2)25-18/h3-11H,12-13H2,1-2H3,(H,23,26). The maximum atomic E-state index is 6.12.